The second-order valence-electron chi connectivity index (χ2n) is 7.63. The van der Waals surface area contributed by atoms with Gasteiger partial charge in [-0.2, -0.15) is 0 Å². The van der Waals surface area contributed by atoms with Gasteiger partial charge in [-0.05, 0) is 12.1 Å². The number of non-ortho nitro benzene ring substituents is 1. The molecule has 2 saturated heterocycles. The van der Waals surface area contributed by atoms with Gasteiger partial charge in [0.1, 0.15) is 54.6 Å². The Morgan fingerprint density at radius 3 is 2.00 bits per heavy atom. The summed E-state index contributed by atoms with van der Waals surface area (Å²) in [6, 6.07) is 4.47. The third-order valence-corrected chi connectivity index (χ3v) is 5.67. The minimum Gasteiger partial charge on any atom is -0.462 e. The highest BCUT2D eigenvalue weighted by molar-refractivity contribution is 5.36. The van der Waals surface area contributed by atoms with Crippen molar-refractivity contribution in [2.75, 3.05) is 13.2 Å². The molecule has 2 heterocycles. The van der Waals surface area contributed by atoms with Crippen molar-refractivity contribution in [2.24, 2.45) is 0 Å². The second-order valence-corrected chi connectivity index (χ2v) is 7.63. The SMILES string of the molecule is O=[N+]([O-])c1ccc(O[C@H]2O[C@H](CO)[C@@H](O)[C@H](O)[C@]2(O)[C@@H]2O[C@H](CO)[C@@H](O)[C@H](O)[C@H]2O)cc1. The van der Waals surface area contributed by atoms with Crippen LogP contribution >= 0.6 is 0 Å². The fourth-order valence-electron chi connectivity index (χ4n) is 3.79. The molecule has 180 valence electrons. The number of benzene rings is 1. The van der Waals surface area contributed by atoms with E-state index in [1.807, 2.05) is 0 Å². The molecule has 0 bridgehead atoms. The number of nitro groups is 1. The Morgan fingerprint density at radius 2 is 1.47 bits per heavy atom. The number of nitro benzene ring substituents is 1. The van der Waals surface area contributed by atoms with Crippen molar-refractivity contribution in [1.29, 1.82) is 0 Å². The number of rotatable bonds is 6. The quantitative estimate of drug-likeness (QED) is 0.149. The van der Waals surface area contributed by atoms with Gasteiger partial charge in [0.2, 0.25) is 6.29 Å². The van der Waals surface area contributed by atoms with Crippen LogP contribution in [-0.2, 0) is 9.47 Å². The molecule has 10 atom stereocenters. The van der Waals surface area contributed by atoms with E-state index in [4.69, 9.17) is 14.2 Å². The van der Waals surface area contributed by atoms with Crippen molar-refractivity contribution in [1.82, 2.24) is 0 Å². The fourth-order valence-corrected chi connectivity index (χ4v) is 3.79. The maximum atomic E-state index is 11.4. The number of ether oxygens (including phenoxy) is 3. The first-order chi connectivity index (χ1) is 15.1. The fraction of sp³-hybridized carbons (Fsp3) is 0.667. The summed E-state index contributed by atoms with van der Waals surface area (Å²) in [5.74, 6) is -0.0936. The summed E-state index contributed by atoms with van der Waals surface area (Å²) in [5.41, 5.74) is -3.07. The van der Waals surface area contributed by atoms with Crippen molar-refractivity contribution in [3.8, 4) is 5.75 Å². The van der Waals surface area contributed by atoms with E-state index in [9.17, 15) is 51.0 Å². The maximum absolute atomic E-state index is 11.4. The van der Waals surface area contributed by atoms with Crippen LogP contribution < -0.4 is 4.74 Å². The molecule has 0 amide bonds. The van der Waals surface area contributed by atoms with E-state index in [1.54, 1.807) is 0 Å². The van der Waals surface area contributed by atoms with Crippen LogP contribution in [0.25, 0.3) is 0 Å². The molecule has 3 rings (SSSR count). The molecule has 32 heavy (non-hydrogen) atoms. The number of nitrogens with zero attached hydrogens (tertiary/aromatic N) is 1. The van der Waals surface area contributed by atoms with Gasteiger partial charge in [-0.25, -0.2) is 0 Å². The molecule has 14 nitrogen and oxygen atoms in total. The van der Waals surface area contributed by atoms with Crippen LogP contribution in [-0.4, -0.2) is 120 Å². The zero-order valence-electron chi connectivity index (χ0n) is 16.5. The molecule has 2 fully saturated rings. The molecular weight excluding hydrogens is 438 g/mol. The Balaban J connectivity index is 1.98. The molecule has 0 radical (unpaired) electrons. The van der Waals surface area contributed by atoms with Gasteiger partial charge in [0.25, 0.3) is 5.69 Å². The van der Waals surface area contributed by atoms with Crippen LogP contribution in [0.3, 0.4) is 0 Å². The number of aliphatic hydroxyl groups is 8. The van der Waals surface area contributed by atoms with Crippen LogP contribution in [0.4, 0.5) is 5.69 Å². The van der Waals surface area contributed by atoms with Gasteiger partial charge in [0, 0.05) is 12.1 Å². The van der Waals surface area contributed by atoms with E-state index < -0.39 is 78.9 Å². The Bertz CT molecular complexity index is 792. The third-order valence-electron chi connectivity index (χ3n) is 5.67. The van der Waals surface area contributed by atoms with Crippen LogP contribution in [0, 0.1) is 10.1 Å². The predicted octanol–water partition coefficient (Wildman–Crippen LogP) is -4.01. The predicted molar refractivity (Wildman–Crippen MR) is 100 cm³/mol. The van der Waals surface area contributed by atoms with Crippen LogP contribution in [0.5, 0.6) is 5.75 Å². The first-order valence-corrected chi connectivity index (χ1v) is 9.62. The van der Waals surface area contributed by atoms with E-state index in [0.29, 0.717) is 0 Å². The molecule has 0 unspecified atom stereocenters. The Morgan fingerprint density at radius 1 is 0.906 bits per heavy atom. The summed E-state index contributed by atoms with van der Waals surface area (Å²) < 4.78 is 16.2. The molecule has 2 aliphatic heterocycles. The first kappa shape index (κ1) is 24.7. The minimum absolute atomic E-state index is 0.0936. The number of hydrogen-bond donors (Lipinski definition) is 8. The summed E-state index contributed by atoms with van der Waals surface area (Å²) in [6.07, 6.45) is -16.6. The summed E-state index contributed by atoms with van der Waals surface area (Å²) in [6.45, 7) is -1.63. The van der Waals surface area contributed by atoms with Crippen LogP contribution in [0.2, 0.25) is 0 Å². The number of aliphatic hydroxyl groups excluding tert-OH is 7. The highest BCUT2D eigenvalue weighted by Gasteiger charge is 2.65. The van der Waals surface area contributed by atoms with Gasteiger partial charge in [0.05, 0.1) is 18.1 Å². The molecule has 1 aromatic rings. The van der Waals surface area contributed by atoms with Gasteiger partial charge in [-0.15, -0.1) is 0 Å². The van der Waals surface area contributed by atoms with Crippen LogP contribution in [0.1, 0.15) is 0 Å². The van der Waals surface area contributed by atoms with E-state index in [1.165, 1.54) is 0 Å². The Kier molecular flexibility index (Phi) is 7.31. The molecule has 2 aliphatic rings. The number of hydrogen-bond acceptors (Lipinski definition) is 13. The highest BCUT2D eigenvalue weighted by atomic mass is 16.7. The normalized spacial score (nSPS) is 42.4. The zero-order valence-corrected chi connectivity index (χ0v) is 16.5. The monoisotopic (exact) mass is 463 g/mol. The summed E-state index contributed by atoms with van der Waals surface area (Å²) in [4.78, 5) is 10.2. The lowest BCUT2D eigenvalue weighted by atomic mass is 9.76. The second kappa shape index (κ2) is 9.48. The van der Waals surface area contributed by atoms with Gasteiger partial charge in [-0.1, -0.05) is 0 Å². The van der Waals surface area contributed by atoms with Gasteiger partial charge >= 0.3 is 0 Å². The molecule has 0 spiro atoms. The van der Waals surface area contributed by atoms with E-state index in [-0.39, 0.29) is 11.4 Å². The molecule has 0 aromatic heterocycles. The smallest absolute Gasteiger partial charge is 0.269 e. The van der Waals surface area contributed by atoms with E-state index in [2.05, 4.69) is 0 Å². The molecule has 0 saturated carbocycles. The topological polar surface area (TPSA) is 233 Å². The van der Waals surface area contributed by atoms with Crippen molar-refractivity contribution >= 4 is 5.69 Å². The van der Waals surface area contributed by atoms with E-state index >= 15 is 0 Å². The average molecular weight is 463 g/mol. The molecule has 14 heteroatoms. The third kappa shape index (κ3) is 4.17. The molecular formula is C18H25NO13. The maximum Gasteiger partial charge on any atom is 0.269 e. The summed E-state index contributed by atoms with van der Waals surface area (Å²) in [5, 5.41) is 92.6. The summed E-state index contributed by atoms with van der Waals surface area (Å²) >= 11 is 0. The van der Waals surface area contributed by atoms with E-state index in [0.717, 1.165) is 24.3 Å². The van der Waals surface area contributed by atoms with Crippen LogP contribution in [0.15, 0.2) is 24.3 Å². The van der Waals surface area contributed by atoms with Crippen molar-refractivity contribution in [2.45, 2.75) is 60.7 Å². The summed E-state index contributed by atoms with van der Waals surface area (Å²) in [7, 11) is 0. The van der Waals surface area contributed by atoms with Gasteiger partial charge in [-0.3, -0.25) is 10.1 Å². The zero-order chi connectivity index (χ0) is 23.8. The lowest BCUT2D eigenvalue weighted by Crippen LogP contribution is -2.77. The highest BCUT2D eigenvalue weighted by Crippen LogP contribution is 2.40. The lowest BCUT2D eigenvalue weighted by Gasteiger charge is -2.54. The minimum atomic E-state index is -2.80. The molecule has 0 aliphatic carbocycles. The van der Waals surface area contributed by atoms with Crippen molar-refractivity contribution in [3.05, 3.63) is 34.4 Å². The average Bonchev–Trinajstić information content (AvgIpc) is 2.78. The van der Waals surface area contributed by atoms with Crippen molar-refractivity contribution < 1.29 is 60.0 Å². The van der Waals surface area contributed by atoms with Crippen molar-refractivity contribution in [3.63, 3.8) is 0 Å². The molecule has 8 N–H and O–H groups in total. The Labute approximate surface area is 180 Å². The Hall–Kier alpha value is -1.98. The first-order valence-electron chi connectivity index (χ1n) is 9.62. The van der Waals surface area contributed by atoms with Gasteiger partial charge < -0.3 is 55.1 Å². The standard InChI is InChI=1S/C18H25NO13/c20-5-9-11(22)13(24)14(25)16(31-9)18(27)15(26)12(23)10(6-21)32-17(18)30-8-3-1-7(2-4-8)19(28)29/h1-4,9-17,20-27H,5-6H2/t9-,10-,11-,12-,13+,14-,15+,16-,17+,18+/m1/s1. The van der Waals surface area contributed by atoms with Gasteiger partial charge in [0.15, 0.2) is 5.60 Å². The lowest BCUT2D eigenvalue weighted by molar-refractivity contribution is -0.385. The molecule has 1 aromatic carbocycles. The largest absolute Gasteiger partial charge is 0.462 e.